The van der Waals surface area contributed by atoms with E-state index < -0.39 is 0 Å². The van der Waals surface area contributed by atoms with Gasteiger partial charge in [0.15, 0.2) is 11.5 Å². The summed E-state index contributed by atoms with van der Waals surface area (Å²) in [4.78, 5) is 11.7. The van der Waals surface area contributed by atoms with Gasteiger partial charge in [-0.05, 0) is 29.8 Å². The molecule has 0 unspecified atom stereocenters. The molecule has 0 saturated heterocycles. The quantitative estimate of drug-likeness (QED) is 0.631. The second-order valence-electron chi connectivity index (χ2n) is 7.80. The van der Waals surface area contributed by atoms with Crippen molar-refractivity contribution in [1.29, 1.82) is 0 Å². The van der Waals surface area contributed by atoms with Crippen LogP contribution in [0.3, 0.4) is 0 Å². The molecule has 5 rings (SSSR count). The van der Waals surface area contributed by atoms with Crippen LogP contribution in [0.5, 0.6) is 23.0 Å². The number of nitrogens with one attached hydrogen (secondary N) is 1. The van der Waals surface area contributed by atoms with Crippen molar-refractivity contribution in [2.75, 3.05) is 39.3 Å². The summed E-state index contributed by atoms with van der Waals surface area (Å²) in [5.74, 6) is 3.65. The lowest BCUT2D eigenvalue weighted by Crippen LogP contribution is -2.31. The summed E-state index contributed by atoms with van der Waals surface area (Å²) in [6.07, 6.45) is 2.78. The predicted molar refractivity (Wildman–Crippen MR) is 120 cm³/mol. The number of methoxy groups -OCH3 is 2. The van der Waals surface area contributed by atoms with Gasteiger partial charge in [0.25, 0.3) is 0 Å². The maximum absolute atomic E-state index is 5.72. The van der Waals surface area contributed by atoms with Crippen LogP contribution in [0, 0.1) is 0 Å². The van der Waals surface area contributed by atoms with E-state index in [-0.39, 0.29) is 0 Å². The molecule has 0 radical (unpaired) electrons. The summed E-state index contributed by atoms with van der Waals surface area (Å²) in [6, 6.07) is 11.8. The second-order valence-corrected chi connectivity index (χ2v) is 7.80. The molecule has 0 saturated carbocycles. The lowest BCUT2D eigenvalue weighted by molar-refractivity contribution is 0.171. The fourth-order valence-corrected chi connectivity index (χ4v) is 4.05. The molecule has 8 nitrogen and oxygen atoms in total. The number of rotatable bonds is 6. The van der Waals surface area contributed by atoms with Crippen molar-refractivity contribution in [3.8, 4) is 23.0 Å². The lowest BCUT2D eigenvalue weighted by Gasteiger charge is -2.28. The molecular weight excluding hydrogens is 408 g/mol. The molecular formula is C24H26N4O4. The SMILES string of the molecule is COc1ccc(OC)c(Nc2ncc3c(n2)CCN(Cc2ccc4c(c2)OCCO4)C3)c1. The Bertz CT molecular complexity index is 1120. The van der Waals surface area contributed by atoms with Crippen LogP contribution in [0.4, 0.5) is 11.6 Å². The summed E-state index contributed by atoms with van der Waals surface area (Å²) in [7, 11) is 3.27. The smallest absolute Gasteiger partial charge is 0.227 e. The Labute approximate surface area is 187 Å². The highest BCUT2D eigenvalue weighted by atomic mass is 16.6. The molecule has 32 heavy (non-hydrogen) atoms. The van der Waals surface area contributed by atoms with Crippen molar-refractivity contribution < 1.29 is 18.9 Å². The molecule has 2 aliphatic heterocycles. The average molecular weight is 434 g/mol. The maximum Gasteiger partial charge on any atom is 0.227 e. The normalized spacial score (nSPS) is 15.1. The van der Waals surface area contributed by atoms with E-state index in [0.717, 1.165) is 60.2 Å². The van der Waals surface area contributed by atoms with Gasteiger partial charge in [0, 0.05) is 43.9 Å². The Balaban J connectivity index is 1.28. The van der Waals surface area contributed by atoms with Crippen LogP contribution in [0.25, 0.3) is 0 Å². The first-order valence-corrected chi connectivity index (χ1v) is 10.7. The first-order valence-electron chi connectivity index (χ1n) is 10.7. The number of fused-ring (bicyclic) bond motifs is 2. The van der Waals surface area contributed by atoms with Crippen molar-refractivity contribution in [3.05, 3.63) is 59.4 Å². The number of benzene rings is 2. The summed E-state index contributed by atoms with van der Waals surface area (Å²) < 4.78 is 22.1. The Morgan fingerprint density at radius 3 is 2.75 bits per heavy atom. The first kappa shape index (κ1) is 20.4. The fourth-order valence-electron chi connectivity index (χ4n) is 4.05. The van der Waals surface area contributed by atoms with Gasteiger partial charge in [0.2, 0.25) is 5.95 Å². The Kier molecular flexibility index (Phi) is 5.68. The van der Waals surface area contributed by atoms with Gasteiger partial charge in [-0.15, -0.1) is 0 Å². The monoisotopic (exact) mass is 434 g/mol. The van der Waals surface area contributed by atoms with Gasteiger partial charge < -0.3 is 24.3 Å². The third-order valence-corrected chi connectivity index (χ3v) is 5.68. The largest absolute Gasteiger partial charge is 0.497 e. The van der Waals surface area contributed by atoms with Crippen LogP contribution in [0.1, 0.15) is 16.8 Å². The fraction of sp³-hybridized carbons (Fsp3) is 0.333. The van der Waals surface area contributed by atoms with E-state index in [1.54, 1.807) is 14.2 Å². The molecule has 0 spiro atoms. The van der Waals surface area contributed by atoms with E-state index in [1.807, 2.05) is 30.5 Å². The summed E-state index contributed by atoms with van der Waals surface area (Å²) in [5.41, 5.74) is 4.20. The van der Waals surface area contributed by atoms with Crippen LogP contribution < -0.4 is 24.3 Å². The number of aromatic nitrogens is 2. The van der Waals surface area contributed by atoms with Crippen molar-refractivity contribution in [2.45, 2.75) is 19.5 Å². The van der Waals surface area contributed by atoms with E-state index in [9.17, 15) is 0 Å². The van der Waals surface area contributed by atoms with Crippen LogP contribution in [0.2, 0.25) is 0 Å². The zero-order valence-electron chi connectivity index (χ0n) is 18.3. The van der Waals surface area contributed by atoms with Crippen molar-refractivity contribution >= 4 is 11.6 Å². The third kappa shape index (κ3) is 4.27. The number of anilines is 2. The zero-order valence-corrected chi connectivity index (χ0v) is 18.3. The predicted octanol–water partition coefficient (Wildman–Crippen LogP) is 3.57. The van der Waals surface area contributed by atoms with Crippen molar-refractivity contribution in [1.82, 2.24) is 14.9 Å². The first-order chi connectivity index (χ1) is 15.7. The molecule has 0 bridgehead atoms. The van der Waals surface area contributed by atoms with Gasteiger partial charge in [-0.3, -0.25) is 4.90 Å². The van der Waals surface area contributed by atoms with E-state index in [0.29, 0.717) is 24.9 Å². The molecule has 1 N–H and O–H groups in total. The van der Waals surface area contributed by atoms with Gasteiger partial charge in [0.05, 0.1) is 25.6 Å². The Morgan fingerprint density at radius 2 is 1.91 bits per heavy atom. The Hall–Kier alpha value is -3.52. The Morgan fingerprint density at radius 1 is 1.03 bits per heavy atom. The molecule has 1 aromatic heterocycles. The van der Waals surface area contributed by atoms with Crippen LogP contribution in [-0.4, -0.2) is 48.8 Å². The zero-order chi connectivity index (χ0) is 21.9. The minimum Gasteiger partial charge on any atom is -0.497 e. The molecule has 166 valence electrons. The molecule has 2 aromatic carbocycles. The lowest BCUT2D eigenvalue weighted by atomic mass is 10.1. The van der Waals surface area contributed by atoms with E-state index in [4.69, 9.17) is 23.9 Å². The standard InChI is InChI=1S/C24H26N4O4/c1-29-18-4-6-21(30-2)20(12-18)27-24-25-13-17-15-28(8-7-19(17)26-24)14-16-3-5-22-23(11-16)32-10-9-31-22/h3-6,11-13H,7-10,14-15H2,1-2H3,(H,25,26,27). The maximum atomic E-state index is 5.72. The molecule has 0 fully saturated rings. The van der Waals surface area contributed by atoms with Gasteiger partial charge in [-0.1, -0.05) is 6.07 Å². The summed E-state index contributed by atoms with van der Waals surface area (Å²) in [6.45, 7) is 3.80. The number of ether oxygens (including phenoxy) is 4. The van der Waals surface area contributed by atoms with Crippen LogP contribution >= 0.6 is 0 Å². The number of hydrogen-bond acceptors (Lipinski definition) is 8. The summed E-state index contributed by atoms with van der Waals surface area (Å²) in [5, 5.41) is 3.26. The molecule has 0 amide bonds. The van der Waals surface area contributed by atoms with Gasteiger partial charge >= 0.3 is 0 Å². The van der Waals surface area contributed by atoms with E-state index >= 15 is 0 Å². The number of nitrogens with zero attached hydrogens (tertiary/aromatic N) is 3. The minimum absolute atomic E-state index is 0.551. The molecule has 8 heteroatoms. The van der Waals surface area contributed by atoms with Crippen LogP contribution in [-0.2, 0) is 19.5 Å². The average Bonchev–Trinajstić information content (AvgIpc) is 2.84. The highest BCUT2D eigenvalue weighted by molar-refractivity contribution is 5.65. The van der Waals surface area contributed by atoms with E-state index in [2.05, 4.69) is 27.3 Å². The highest BCUT2D eigenvalue weighted by Gasteiger charge is 2.20. The van der Waals surface area contributed by atoms with Crippen molar-refractivity contribution in [2.24, 2.45) is 0 Å². The molecule has 2 aliphatic rings. The topological polar surface area (TPSA) is 78.0 Å². The molecule has 3 heterocycles. The van der Waals surface area contributed by atoms with Gasteiger partial charge in [-0.2, -0.15) is 0 Å². The van der Waals surface area contributed by atoms with Crippen LogP contribution in [0.15, 0.2) is 42.6 Å². The third-order valence-electron chi connectivity index (χ3n) is 5.68. The highest BCUT2D eigenvalue weighted by Crippen LogP contribution is 2.33. The minimum atomic E-state index is 0.551. The van der Waals surface area contributed by atoms with Crippen molar-refractivity contribution in [3.63, 3.8) is 0 Å². The summed E-state index contributed by atoms with van der Waals surface area (Å²) >= 11 is 0. The van der Waals surface area contributed by atoms with Gasteiger partial charge in [-0.25, -0.2) is 9.97 Å². The molecule has 3 aromatic rings. The second kappa shape index (κ2) is 8.92. The molecule has 0 atom stereocenters. The number of hydrogen-bond donors (Lipinski definition) is 1. The van der Waals surface area contributed by atoms with Gasteiger partial charge in [0.1, 0.15) is 24.7 Å². The van der Waals surface area contributed by atoms with E-state index in [1.165, 1.54) is 5.56 Å². The molecule has 0 aliphatic carbocycles.